The van der Waals surface area contributed by atoms with Gasteiger partial charge in [0, 0.05) is 17.1 Å². The summed E-state index contributed by atoms with van der Waals surface area (Å²) >= 11 is 0. The van der Waals surface area contributed by atoms with E-state index < -0.39 is 12.0 Å². The van der Waals surface area contributed by atoms with Crippen LogP contribution in [0.4, 0.5) is 21.9 Å². The minimum Gasteiger partial charge on any atom is -0.462 e. The van der Waals surface area contributed by atoms with Gasteiger partial charge >= 0.3 is 12.0 Å². The van der Waals surface area contributed by atoms with Crippen molar-refractivity contribution >= 4 is 29.1 Å². The van der Waals surface area contributed by atoms with Crippen LogP contribution in [-0.2, 0) is 4.74 Å². The molecule has 0 saturated carbocycles. The minimum atomic E-state index is -0.394. The predicted molar refractivity (Wildman–Crippen MR) is 85.9 cm³/mol. The molecular weight excluding hydrogens is 282 g/mol. The first-order valence-electron chi connectivity index (χ1n) is 6.79. The van der Waals surface area contributed by atoms with Gasteiger partial charge in [0.25, 0.3) is 0 Å². The van der Waals surface area contributed by atoms with Gasteiger partial charge in [-0.2, -0.15) is 0 Å². The quantitative estimate of drug-likeness (QED) is 0.597. The van der Waals surface area contributed by atoms with Crippen molar-refractivity contribution in [3.05, 3.63) is 54.1 Å². The summed E-state index contributed by atoms with van der Waals surface area (Å²) in [7, 11) is 0. The van der Waals surface area contributed by atoms with Crippen LogP contribution in [0.3, 0.4) is 0 Å². The van der Waals surface area contributed by atoms with E-state index >= 15 is 0 Å². The molecule has 2 aromatic rings. The number of nitrogens with two attached hydrogens (primary N) is 1. The summed E-state index contributed by atoms with van der Waals surface area (Å²) in [6.45, 7) is 2.07. The molecule has 6 nitrogen and oxygen atoms in total. The van der Waals surface area contributed by atoms with Crippen molar-refractivity contribution in [2.24, 2.45) is 0 Å². The number of nitrogen functional groups attached to an aromatic ring is 1. The first-order chi connectivity index (χ1) is 10.6. The van der Waals surface area contributed by atoms with E-state index in [1.165, 1.54) is 0 Å². The fraction of sp³-hybridized carbons (Fsp3) is 0.125. The zero-order valence-electron chi connectivity index (χ0n) is 12.1. The van der Waals surface area contributed by atoms with Gasteiger partial charge in [-0.3, -0.25) is 0 Å². The van der Waals surface area contributed by atoms with Crippen LogP contribution in [0.15, 0.2) is 48.5 Å². The highest BCUT2D eigenvalue weighted by molar-refractivity contribution is 6.00. The Labute approximate surface area is 128 Å². The van der Waals surface area contributed by atoms with Crippen LogP contribution in [0.25, 0.3) is 0 Å². The molecule has 2 amide bonds. The highest BCUT2D eigenvalue weighted by Gasteiger charge is 2.07. The molecule has 0 fully saturated rings. The molecule has 2 aromatic carbocycles. The smallest absolute Gasteiger partial charge is 0.338 e. The van der Waals surface area contributed by atoms with Crippen LogP contribution in [0.1, 0.15) is 17.3 Å². The summed E-state index contributed by atoms with van der Waals surface area (Å²) in [5, 5.41) is 5.33. The normalized spacial score (nSPS) is 9.86. The van der Waals surface area contributed by atoms with Crippen molar-refractivity contribution in [2.45, 2.75) is 6.92 Å². The Morgan fingerprint density at radius 3 is 2.36 bits per heavy atom. The monoisotopic (exact) mass is 299 g/mol. The maximum Gasteiger partial charge on any atom is 0.338 e. The second-order valence-corrected chi connectivity index (χ2v) is 4.50. The molecular formula is C16H17N3O3. The topological polar surface area (TPSA) is 93.4 Å². The average molecular weight is 299 g/mol. The van der Waals surface area contributed by atoms with Gasteiger partial charge < -0.3 is 21.1 Å². The molecule has 0 aliphatic rings. The van der Waals surface area contributed by atoms with E-state index in [0.717, 1.165) is 0 Å². The zero-order valence-corrected chi connectivity index (χ0v) is 12.1. The second kappa shape index (κ2) is 7.12. The molecule has 0 unspecified atom stereocenters. The lowest BCUT2D eigenvalue weighted by atomic mass is 10.2. The summed E-state index contributed by atoms with van der Waals surface area (Å²) in [5.41, 5.74) is 7.80. The number of ether oxygens (including phenoxy) is 1. The lowest BCUT2D eigenvalue weighted by Crippen LogP contribution is -2.19. The van der Waals surface area contributed by atoms with Crippen LogP contribution in [-0.4, -0.2) is 18.6 Å². The minimum absolute atomic E-state index is 0.321. The molecule has 2 rings (SSSR count). The zero-order chi connectivity index (χ0) is 15.9. The summed E-state index contributed by atoms with van der Waals surface area (Å²) in [6.07, 6.45) is 0. The molecule has 0 atom stereocenters. The number of esters is 1. The number of amides is 2. The van der Waals surface area contributed by atoms with Crippen LogP contribution in [0.2, 0.25) is 0 Å². The number of rotatable bonds is 4. The van der Waals surface area contributed by atoms with Gasteiger partial charge in [0.15, 0.2) is 0 Å². The van der Waals surface area contributed by atoms with Crippen LogP contribution >= 0.6 is 0 Å². The number of hydrogen-bond acceptors (Lipinski definition) is 4. The average Bonchev–Trinajstić information content (AvgIpc) is 2.48. The Morgan fingerprint density at radius 1 is 1.05 bits per heavy atom. The van der Waals surface area contributed by atoms with Crippen molar-refractivity contribution in [1.82, 2.24) is 0 Å². The van der Waals surface area contributed by atoms with E-state index in [9.17, 15) is 9.59 Å². The van der Waals surface area contributed by atoms with Gasteiger partial charge in [0.1, 0.15) is 0 Å². The fourth-order valence-electron chi connectivity index (χ4n) is 1.81. The molecule has 0 heterocycles. The molecule has 0 aliphatic heterocycles. The molecule has 0 spiro atoms. The Hall–Kier alpha value is -3.02. The SMILES string of the molecule is CCOC(=O)c1ccc(NC(=O)Nc2cccc(N)c2)cc1. The van der Waals surface area contributed by atoms with E-state index in [-0.39, 0.29) is 0 Å². The Balaban J connectivity index is 1.95. The molecule has 22 heavy (non-hydrogen) atoms. The maximum absolute atomic E-state index is 11.9. The molecule has 0 radical (unpaired) electrons. The maximum atomic E-state index is 11.9. The molecule has 114 valence electrons. The van der Waals surface area contributed by atoms with Gasteiger partial charge in [-0.15, -0.1) is 0 Å². The van der Waals surface area contributed by atoms with E-state index in [4.69, 9.17) is 10.5 Å². The lowest BCUT2D eigenvalue weighted by Gasteiger charge is -2.08. The molecule has 6 heteroatoms. The van der Waals surface area contributed by atoms with Crippen molar-refractivity contribution in [1.29, 1.82) is 0 Å². The highest BCUT2D eigenvalue weighted by Crippen LogP contribution is 2.14. The first-order valence-corrected chi connectivity index (χ1v) is 6.79. The second-order valence-electron chi connectivity index (χ2n) is 4.50. The molecule has 0 aromatic heterocycles. The summed E-state index contributed by atoms with van der Waals surface area (Å²) in [5.74, 6) is -0.390. The van der Waals surface area contributed by atoms with Gasteiger partial charge in [-0.25, -0.2) is 9.59 Å². The largest absolute Gasteiger partial charge is 0.462 e. The Kier molecular flexibility index (Phi) is 4.98. The van der Waals surface area contributed by atoms with E-state index in [2.05, 4.69) is 10.6 Å². The van der Waals surface area contributed by atoms with Crippen LogP contribution in [0.5, 0.6) is 0 Å². The van der Waals surface area contributed by atoms with Crippen LogP contribution < -0.4 is 16.4 Å². The summed E-state index contributed by atoms with van der Waals surface area (Å²) in [6, 6.07) is 12.9. The number of carbonyl (C=O) groups is 2. The standard InChI is InChI=1S/C16H17N3O3/c1-2-22-15(20)11-6-8-13(9-7-11)18-16(21)19-14-5-3-4-12(17)10-14/h3-10H,2,17H2,1H3,(H2,18,19,21). The molecule has 0 bridgehead atoms. The van der Waals surface area contributed by atoms with Gasteiger partial charge in [0.05, 0.1) is 12.2 Å². The van der Waals surface area contributed by atoms with Gasteiger partial charge in [0.2, 0.25) is 0 Å². The Bertz CT molecular complexity index is 669. The van der Waals surface area contributed by atoms with Crippen LogP contribution in [0, 0.1) is 0 Å². The molecule has 4 N–H and O–H groups in total. The number of hydrogen-bond donors (Lipinski definition) is 3. The van der Waals surface area contributed by atoms with Crippen molar-refractivity contribution in [2.75, 3.05) is 23.0 Å². The van der Waals surface area contributed by atoms with Crippen molar-refractivity contribution in [3.63, 3.8) is 0 Å². The number of urea groups is 1. The third kappa shape index (κ3) is 4.24. The number of nitrogens with one attached hydrogen (secondary N) is 2. The fourth-order valence-corrected chi connectivity index (χ4v) is 1.81. The van der Waals surface area contributed by atoms with E-state index in [1.807, 2.05) is 0 Å². The Morgan fingerprint density at radius 2 is 1.73 bits per heavy atom. The predicted octanol–water partition coefficient (Wildman–Crippen LogP) is 3.09. The number of anilines is 3. The van der Waals surface area contributed by atoms with Crippen molar-refractivity contribution < 1.29 is 14.3 Å². The third-order valence-electron chi connectivity index (χ3n) is 2.80. The van der Waals surface area contributed by atoms with Crippen molar-refractivity contribution in [3.8, 4) is 0 Å². The summed E-state index contributed by atoms with van der Waals surface area (Å²) in [4.78, 5) is 23.4. The number of benzene rings is 2. The van der Waals surface area contributed by atoms with Gasteiger partial charge in [-0.05, 0) is 49.4 Å². The summed E-state index contributed by atoms with van der Waals surface area (Å²) < 4.78 is 4.89. The van der Waals surface area contributed by atoms with E-state index in [1.54, 1.807) is 55.5 Å². The first kappa shape index (κ1) is 15.4. The third-order valence-corrected chi connectivity index (χ3v) is 2.80. The molecule has 0 aliphatic carbocycles. The number of carbonyl (C=O) groups excluding carboxylic acids is 2. The van der Waals surface area contributed by atoms with Gasteiger partial charge in [-0.1, -0.05) is 6.07 Å². The lowest BCUT2D eigenvalue weighted by molar-refractivity contribution is 0.0526. The highest BCUT2D eigenvalue weighted by atomic mass is 16.5. The molecule has 0 saturated heterocycles. The van der Waals surface area contributed by atoms with E-state index in [0.29, 0.717) is 29.2 Å².